The van der Waals surface area contributed by atoms with E-state index in [-0.39, 0.29) is 12.0 Å². The van der Waals surface area contributed by atoms with Crippen LogP contribution in [-0.4, -0.2) is 86.4 Å². The molecule has 1 aliphatic heterocycles. The van der Waals surface area contributed by atoms with Crippen LogP contribution in [0.2, 0.25) is 0 Å². The summed E-state index contributed by atoms with van der Waals surface area (Å²) in [5, 5.41) is 20.9. The van der Waals surface area contributed by atoms with Gasteiger partial charge in [0.05, 0.1) is 31.0 Å². The van der Waals surface area contributed by atoms with Gasteiger partial charge in [0.25, 0.3) is 0 Å². The summed E-state index contributed by atoms with van der Waals surface area (Å²) in [5.74, 6) is 0.187. The number of nitrogens with one attached hydrogen (secondary N) is 1. The molecule has 1 saturated carbocycles. The van der Waals surface area contributed by atoms with Crippen LogP contribution in [0.25, 0.3) is 16.9 Å². The fourth-order valence-electron chi connectivity index (χ4n) is 4.29. The van der Waals surface area contributed by atoms with Crippen LogP contribution in [0.3, 0.4) is 0 Å². The van der Waals surface area contributed by atoms with E-state index in [4.69, 9.17) is 9.47 Å². The minimum Gasteiger partial charge on any atom is -0.492 e. The molecule has 11 heteroatoms. The number of hydrogen-bond donors (Lipinski definition) is 2. The van der Waals surface area contributed by atoms with Crippen LogP contribution in [0.5, 0.6) is 5.75 Å². The van der Waals surface area contributed by atoms with E-state index in [0.29, 0.717) is 36.6 Å². The zero-order valence-electron chi connectivity index (χ0n) is 18.3. The highest BCUT2D eigenvalue weighted by Crippen LogP contribution is 2.28. The standard InChI is InChI=1S/C22H27N7O4/c30-21(31)15-1-2-16(13-15)24-22-23-14-19-20(25-22)29(27-26-19)17-3-5-18(6-4-17)33-12-9-28-7-10-32-11-8-28/h3-6,14-16H,1-2,7-13H2,(H,30,31)(H,23,24,25)/t15-,16-/m1/s1. The van der Waals surface area contributed by atoms with E-state index in [9.17, 15) is 9.90 Å². The molecule has 2 aromatic heterocycles. The van der Waals surface area contributed by atoms with Crippen molar-refractivity contribution in [3.05, 3.63) is 30.5 Å². The molecule has 0 amide bonds. The first kappa shape index (κ1) is 21.5. The minimum atomic E-state index is -0.744. The van der Waals surface area contributed by atoms with Crippen molar-refractivity contribution in [1.29, 1.82) is 0 Å². The van der Waals surface area contributed by atoms with Gasteiger partial charge in [-0.1, -0.05) is 5.21 Å². The first-order valence-electron chi connectivity index (χ1n) is 11.3. The van der Waals surface area contributed by atoms with E-state index >= 15 is 0 Å². The number of carbonyl (C=O) groups is 1. The number of rotatable bonds is 8. The maximum atomic E-state index is 11.2. The largest absolute Gasteiger partial charge is 0.492 e. The van der Waals surface area contributed by atoms with Crippen molar-refractivity contribution in [2.75, 3.05) is 44.8 Å². The van der Waals surface area contributed by atoms with Crippen LogP contribution in [0.4, 0.5) is 5.95 Å². The van der Waals surface area contributed by atoms with Crippen molar-refractivity contribution in [3.8, 4) is 11.4 Å². The van der Waals surface area contributed by atoms with Crippen LogP contribution < -0.4 is 10.1 Å². The third-order valence-electron chi connectivity index (χ3n) is 6.17. The molecular weight excluding hydrogens is 426 g/mol. The number of fused-ring (bicyclic) bond motifs is 1. The maximum absolute atomic E-state index is 11.2. The summed E-state index contributed by atoms with van der Waals surface area (Å²) in [7, 11) is 0. The number of hydrogen-bond acceptors (Lipinski definition) is 9. The van der Waals surface area contributed by atoms with Gasteiger partial charge in [-0.05, 0) is 43.5 Å². The average molecular weight is 454 g/mol. The third-order valence-corrected chi connectivity index (χ3v) is 6.17. The molecule has 2 atom stereocenters. The van der Waals surface area contributed by atoms with Crippen LogP contribution >= 0.6 is 0 Å². The van der Waals surface area contributed by atoms with Crippen molar-refractivity contribution >= 4 is 23.1 Å². The Hall–Kier alpha value is -3.31. The number of carboxylic acids is 1. The van der Waals surface area contributed by atoms with Crippen molar-refractivity contribution in [2.24, 2.45) is 5.92 Å². The summed E-state index contributed by atoms with van der Waals surface area (Å²) in [6, 6.07) is 7.70. The molecule has 33 heavy (non-hydrogen) atoms. The quantitative estimate of drug-likeness (QED) is 0.519. The van der Waals surface area contributed by atoms with Crippen LogP contribution in [0.1, 0.15) is 19.3 Å². The Morgan fingerprint density at radius 1 is 1.21 bits per heavy atom. The van der Waals surface area contributed by atoms with Gasteiger partial charge in [-0.2, -0.15) is 9.67 Å². The molecule has 0 radical (unpaired) electrons. The van der Waals surface area contributed by atoms with Crippen molar-refractivity contribution in [2.45, 2.75) is 25.3 Å². The van der Waals surface area contributed by atoms with Crippen molar-refractivity contribution in [3.63, 3.8) is 0 Å². The number of benzene rings is 1. The Morgan fingerprint density at radius 3 is 2.79 bits per heavy atom. The molecule has 0 spiro atoms. The molecule has 0 bridgehead atoms. The lowest BCUT2D eigenvalue weighted by atomic mass is 10.1. The van der Waals surface area contributed by atoms with Gasteiger partial charge in [0.15, 0.2) is 11.2 Å². The first-order valence-corrected chi connectivity index (χ1v) is 11.3. The number of anilines is 1. The van der Waals surface area contributed by atoms with E-state index in [1.807, 2.05) is 24.3 Å². The molecule has 174 valence electrons. The Bertz CT molecular complexity index is 1100. The van der Waals surface area contributed by atoms with E-state index in [1.54, 1.807) is 10.9 Å². The SMILES string of the molecule is O=C(O)[C@@H]1CC[C@@H](Nc2ncc3nnn(-c4ccc(OCCN5CCOCC5)cc4)c3n2)C1. The molecule has 3 aromatic rings. The van der Waals surface area contributed by atoms with Gasteiger partial charge < -0.3 is 19.9 Å². The van der Waals surface area contributed by atoms with Gasteiger partial charge in [0, 0.05) is 25.7 Å². The number of aromatic nitrogens is 5. The predicted molar refractivity (Wildman–Crippen MR) is 120 cm³/mol. The molecule has 5 rings (SSSR count). The zero-order chi connectivity index (χ0) is 22.6. The molecule has 3 heterocycles. The van der Waals surface area contributed by atoms with E-state index in [2.05, 4.69) is 30.5 Å². The van der Waals surface area contributed by atoms with Gasteiger partial charge in [0.2, 0.25) is 5.95 Å². The molecular formula is C22H27N7O4. The number of ether oxygens (including phenoxy) is 2. The minimum absolute atomic E-state index is 0.0433. The lowest BCUT2D eigenvalue weighted by molar-refractivity contribution is -0.141. The van der Waals surface area contributed by atoms with Crippen LogP contribution in [0, 0.1) is 5.92 Å². The number of nitrogens with zero attached hydrogens (tertiary/aromatic N) is 6. The molecule has 2 N–H and O–H groups in total. The summed E-state index contributed by atoms with van der Waals surface area (Å²) < 4.78 is 12.9. The highest BCUT2D eigenvalue weighted by molar-refractivity contribution is 5.72. The van der Waals surface area contributed by atoms with E-state index in [0.717, 1.165) is 50.7 Å². The highest BCUT2D eigenvalue weighted by Gasteiger charge is 2.30. The topological polar surface area (TPSA) is 128 Å². The number of aliphatic carboxylic acids is 1. The second-order valence-electron chi connectivity index (χ2n) is 8.39. The smallest absolute Gasteiger partial charge is 0.306 e. The third kappa shape index (κ3) is 5.04. The monoisotopic (exact) mass is 453 g/mol. The molecule has 1 aromatic carbocycles. The average Bonchev–Trinajstić information content (AvgIpc) is 3.48. The normalized spacial score (nSPS) is 21.3. The Morgan fingerprint density at radius 2 is 2.03 bits per heavy atom. The van der Waals surface area contributed by atoms with Crippen LogP contribution in [0.15, 0.2) is 30.5 Å². The van der Waals surface area contributed by atoms with Crippen LogP contribution in [-0.2, 0) is 9.53 Å². The lowest BCUT2D eigenvalue weighted by Gasteiger charge is -2.26. The summed E-state index contributed by atoms with van der Waals surface area (Å²) in [5.41, 5.74) is 1.98. The van der Waals surface area contributed by atoms with Gasteiger partial charge in [-0.3, -0.25) is 9.69 Å². The van der Waals surface area contributed by atoms with Gasteiger partial charge in [0.1, 0.15) is 12.4 Å². The predicted octanol–water partition coefficient (Wildman–Crippen LogP) is 1.59. The van der Waals surface area contributed by atoms with Gasteiger partial charge in [-0.15, -0.1) is 5.10 Å². The number of morpholine rings is 1. The molecule has 0 unspecified atom stereocenters. The Kier molecular flexibility index (Phi) is 6.31. The Balaban J connectivity index is 1.23. The van der Waals surface area contributed by atoms with E-state index in [1.165, 1.54) is 0 Å². The van der Waals surface area contributed by atoms with Crippen molar-refractivity contribution in [1.82, 2.24) is 29.9 Å². The van der Waals surface area contributed by atoms with E-state index < -0.39 is 5.97 Å². The lowest BCUT2D eigenvalue weighted by Crippen LogP contribution is -2.38. The molecule has 11 nitrogen and oxygen atoms in total. The molecule has 1 saturated heterocycles. The summed E-state index contributed by atoms with van der Waals surface area (Å²) >= 11 is 0. The first-order chi connectivity index (χ1) is 16.2. The highest BCUT2D eigenvalue weighted by atomic mass is 16.5. The second-order valence-corrected chi connectivity index (χ2v) is 8.39. The van der Waals surface area contributed by atoms with Gasteiger partial charge in [-0.25, -0.2) is 4.98 Å². The number of carboxylic acid groups (broad SMARTS) is 1. The zero-order valence-corrected chi connectivity index (χ0v) is 18.3. The van der Waals surface area contributed by atoms with Crippen molar-refractivity contribution < 1.29 is 19.4 Å². The summed E-state index contributed by atoms with van der Waals surface area (Å²) in [4.78, 5) is 22.4. The summed E-state index contributed by atoms with van der Waals surface area (Å²) in [6.07, 6.45) is 3.64. The fraction of sp³-hybridized carbons (Fsp3) is 0.500. The molecule has 2 aliphatic rings. The molecule has 1 aliphatic carbocycles. The fourth-order valence-corrected chi connectivity index (χ4v) is 4.29. The second kappa shape index (κ2) is 9.67. The Labute approximate surface area is 190 Å². The van der Waals surface area contributed by atoms with Gasteiger partial charge >= 0.3 is 5.97 Å². The summed E-state index contributed by atoms with van der Waals surface area (Å²) in [6.45, 7) is 4.95. The maximum Gasteiger partial charge on any atom is 0.306 e. The molecule has 2 fully saturated rings.